The van der Waals surface area contributed by atoms with Gasteiger partial charge >= 0.3 is 0 Å². The van der Waals surface area contributed by atoms with Crippen molar-refractivity contribution in [1.29, 1.82) is 5.26 Å². The molecule has 1 aromatic carbocycles. The van der Waals surface area contributed by atoms with Crippen LogP contribution in [-0.4, -0.2) is 11.5 Å². The maximum Gasteiger partial charge on any atom is 0.213 e. The van der Waals surface area contributed by atoms with Crippen LogP contribution in [0, 0.1) is 25.2 Å². The van der Waals surface area contributed by atoms with Crippen LogP contribution in [0.3, 0.4) is 0 Å². The van der Waals surface area contributed by atoms with Crippen LogP contribution in [0.15, 0.2) is 22.6 Å². The average Bonchev–Trinajstić information content (AvgIpc) is 2.77. The third-order valence-electron chi connectivity index (χ3n) is 3.02. The number of benzene rings is 1. The first-order chi connectivity index (χ1) is 9.63. The Morgan fingerprint density at radius 2 is 2.05 bits per heavy atom. The lowest BCUT2D eigenvalue weighted by Crippen LogP contribution is -2.05. The smallest absolute Gasteiger partial charge is 0.213 e. The molecule has 0 radical (unpaired) electrons. The number of nitriles is 1. The van der Waals surface area contributed by atoms with Gasteiger partial charge in [0.15, 0.2) is 0 Å². The van der Waals surface area contributed by atoms with Crippen molar-refractivity contribution < 1.29 is 4.42 Å². The molecule has 2 aromatic rings. The summed E-state index contributed by atoms with van der Waals surface area (Å²) in [4.78, 5) is 4.33. The van der Waals surface area contributed by atoms with Crippen LogP contribution >= 0.6 is 0 Å². The molecule has 0 atom stereocenters. The Hall–Kier alpha value is -2.48. The molecule has 0 fully saturated rings. The highest BCUT2D eigenvalue weighted by molar-refractivity contribution is 5.70. The Labute approximate surface area is 118 Å². The van der Waals surface area contributed by atoms with Crippen molar-refractivity contribution in [2.45, 2.75) is 27.3 Å². The summed E-state index contributed by atoms with van der Waals surface area (Å²) in [6, 6.07) is 7.65. The van der Waals surface area contributed by atoms with E-state index in [-0.39, 0.29) is 0 Å². The largest absolute Gasteiger partial charge is 0.444 e. The zero-order valence-corrected chi connectivity index (χ0v) is 11.9. The van der Waals surface area contributed by atoms with E-state index in [1.165, 1.54) is 0 Å². The molecule has 2 N–H and O–H groups in total. The van der Waals surface area contributed by atoms with E-state index in [0.717, 1.165) is 29.4 Å². The second-order valence-corrected chi connectivity index (χ2v) is 4.51. The van der Waals surface area contributed by atoms with Gasteiger partial charge < -0.3 is 15.1 Å². The number of oxazole rings is 1. The van der Waals surface area contributed by atoms with Crippen molar-refractivity contribution in [3.8, 4) is 6.07 Å². The summed E-state index contributed by atoms with van der Waals surface area (Å²) in [5, 5.41) is 15.5. The Morgan fingerprint density at radius 1 is 1.25 bits per heavy atom. The van der Waals surface area contributed by atoms with E-state index in [9.17, 15) is 0 Å². The molecule has 0 spiro atoms. The van der Waals surface area contributed by atoms with Crippen LogP contribution in [0.1, 0.15) is 29.8 Å². The van der Waals surface area contributed by atoms with Gasteiger partial charge in [-0.15, -0.1) is 0 Å². The summed E-state index contributed by atoms with van der Waals surface area (Å²) >= 11 is 0. The first-order valence-corrected chi connectivity index (χ1v) is 6.58. The summed E-state index contributed by atoms with van der Waals surface area (Å²) in [5.41, 5.74) is 3.36. The van der Waals surface area contributed by atoms with Crippen LogP contribution in [0.2, 0.25) is 0 Å². The molecule has 0 aliphatic carbocycles. The van der Waals surface area contributed by atoms with Crippen LogP contribution in [0.5, 0.6) is 0 Å². The minimum absolute atomic E-state index is 0.488. The fraction of sp³-hybridized carbons (Fsp3) is 0.333. The standard InChI is InChI=1S/C15H18N4O/c1-4-17-13-6-5-12(8-16)7-14(13)18-9-15-19-10(2)11(3)20-15/h5-7,17-18H,4,9H2,1-3H3. The highest BCUT2D eigenvalue weighted by Gasteiger charge is 2.07. The highest BCUT2D eigenvalue weighted by atomic mass is 16.4. The Morgan fingerprint density at radius 3 is 2.65 bits per heavy atom. The van der Waals surface area contributed by atoms with Gasteiger partial charge in [0.2, 0.25) is 5.89 Å². The maximum absolute atomic E-state index is 8.98. The lowest BCUT2D eigenvalue weighted by atomic mass is 10.2. The first-order valence-electron chi connectivity index (χ1n) is 6.58. The number of aryl methyl sites for hydroxylation is 2. The van der Waals surface area contributed by atoms with Gasteiger partial charge in [0.25, 0.3) is 0 Å². The SMILES string of the molecule is CCNc1ccc(C#N)cc1NCc1nc(C)c(C)o1. The highest BCUT2D eigenvalue weighted by Crippen LogP contribution is 2.23. The van der Waals surface area contributed by atoms with Gasteiger partial charge in [-0.2, -0.15) is 5.26 Å². The summed E-state index contributed by atoms with van der Waals surface area (Å²) in [5.74, 6) is 1.48. The van der Waals surface area contributed by atoms with Gasteiger partial charge in [-0.05, 0) is 39.0 Å². The zero-order valence-electron chi connectivity index (χ0n) is 11.9. The predicted molar refractivity (Wildman–Crippen MR) is 78.6 cm³/mol. The minimum atomic E-state index is 0.488. The summed E-state index contributed by atoms with van der Waals surface area (Å²) in [6.45, 7) is 7.15. The molecule has 2 rings (SSSR count). The molecule has 1 aromatic heterocycles. The molecule has 5 heteroatoms. The first kappa shape index (κ1) is 13.9. The van der Waals surface area contributed by atoms with E-state index in [4.69, 9.17) is 9.68 Å². The van der Waals surface area contributed by atoms with Crippen LogP contribution in [0.25, 0.3) is 0 Å². The molecule has 0 saturated heterocycles. The number of nitrogens with one attached hydrogen (secondary N) is 2. The van der Waals surface area contributed by atoms with Crippen molar-refractivity contribution in [3.63, 3.8) is 0 Å². The van der Waals surface area contributed by atoms with Crippen molar-refractivity contribution in [2.75, 3.05) is 17.2 Å². The molecule has 20 heavy (non-hydrogen) atoms. The monoisotopic (exact) mass is 270 g/mol. The summed E-state index contributed by atoms with van der Waals surface area (Å²) in [7, 11) is 0. The normalized spacial score (nSPS) is 10.1. The lowest BCUT2D eigenvalue weighted by Gasteiger charge is -2.12. The number of hydrogen-bond acceptors (Lipinski definition) is 5. The Kier molecular flexibility index (Phi) is 4.26. The second kappa shape index (κ2) is 6.11. The van der Waals surface area contributed by atoms with Crippen LogP contribution < -0.4 is 10.6 Å². The molecule has 0 bridgehead atoms. The van der Waals surface area contributed by atoms with E-state index in [1.807, 2.05) is 32.9 Å². The molecule has 0 saturated carbocycles. The molecule has 104 valence electrons. The van der Waals surface area contributed by atoms with E-state index < -0.39 is 0 Å². The fourth-order valence-electron chi connectivity index (χ4n) is 1.89. The number of anilines is 2. The van der Waals surface area contributed by atoms with E-state index in [2.05, 4.69) is 21.7 Å². The summed E-state index contributed by atoms with van der Waals surface area (Å²) in [6.07, 6.45) is 0. The molecular weight excluding hydrogens is 252 g/mol. The minimum Gasteiger partial charge on any atom is -0.444 e. The van der Waals surface area contributed by atoms with Gasteiger partial charge in [-0.3, -0.25) is 0 Å². The Bertz CT molecular complexity index is 620. The van der Waals surface area contributed by atoms with Crippen LogP contribution in [-0.2, 0) is 6.54 Å². The maximum atomic E-state index is 8.98. The second-order valence-electron chi connectivity index (χ2n) is 4.51. The van der Waals surface area contributed by atoms with Crippen molar-refractivity contribution in [1.82, 2.24) is 4.98 Å². The van der Waals surface area contributed by atoms with Gasteiger partial charge in [0, 0.05) is 6.54 Å². The summed E-state index contributed by atoms with van der Waals surface area (Å²) < 4.78 is 5.53. The van der Waals surface area contributed by atoms with E-state index in [0.29, 0.717) is 18.0 Å². The quantitative estimate of drug-likeness (QED) is 0.872. The third-order valence-corrected chi connectivity index (χ3v) is 3.02. The number of nitrogens with zero attached hydrogens (tertiary/aromatic N) is 2. The molecule has 1 heterocycles. The van der Waals surface area contributed by atoms with Gasteiger partial charge in [-0.1, -0.05) is 0 Å². The van der Waals surface area contributed by atoms with Crippen LogP contribution in [0.4, 0.5) is 11.4 Å². The molecular formula is C15H18N4O. The molecule has 5 nitrogen and oxygen atoms in total. The molecule has 0 aliphatic heterocycles. The fourth-order valence-corrected chi connectivity index (χ4v) is 1.89. The average molecular weight is 270 g/mol. The zero-order chi connectivity index (χ0) is 14.5. The van der Waals surface area contributed by atoms with Gasteiger partial charge in [0.1, 0.15) is 5.76 Å². The molecule has 0 aliphatic rings. The lowest BCUT2D eigenvalue weighted by molar-refractivity contribution is 0.478. The van der Waals surface area contributed by atoms with E-state index in [1.54, 1.807) is 6.07 Å². The number of hydrogen-bond donors (Lipinski definition) is 2. The van der Waals surface area contributed by atoms with Crippen molar-refractivity contribution >= 4 is 11.4 Å². The Balaban J connectivity index is 2.16. The van der Waals surface area contributed by atoms with Crippen molar-refractivity contribution in [3.05, 3.63) is 41.1 Å². The number of rotatable bonds is 5. The molecule has 0 unspecified atom stereocenters. The number of aromatic nitrogens is 1. The molecule has 0 amide bonds. The predicted octanol–water partition coefficient (Wildman–Crippen LogP) is 3.21. The van der Waals surface area contributed by atoms with E-state index >= 15 is 0 Å². The van der Waals surface area contributed by atoms with Gasteiger partial charge in [-0.25, -0.2) is 4.98 Å². The topological polar surface area (TPSA) is 73.9 Å². The van der Waals surface area contributed by atoms with Gasteiger partial charge in [0.05, 0.1) is 35.2 Å². The third kappa shape index (κ3) is 3.09. The van der Waals surface area contributed by atoms with Crippen molar-refractivity contribution in [2.24, 2.45) is 0 Å².